The molecule has 72 heavy (non-hydrogen) atoms. The summed E-state index contributed by atoms with van der Waals surface area (Å²) in [6.07, 6.45) is 7.01. The first-order valence-corrected chi connectivity index (χ1v) is 26.3. The Labute approximate surface area is 422 Å². The van der Waals surface area contributed by atoms with E-state index in [2.05, 4.69) is 252 Å². The molecule has 0 atom stereocenters. The molecule has 2 heteroatoms. The number of anilines is 3. The van der Waals surface area contributed by atoms with Crippen LogP contribution >= 0.6 is 0 Å². The van der Waals surface area contributed by atoms with Gasteiger partial charge in [-0.25, -0.2) is 0 Å². The molecule has 344 valence electrons. The molecule has 4 saturated carbocycles. The van der Waals surface area contributed by atoms with E-state index in [9.17, 15) is 0 Å². The summed E-state index contributed by atoms with van der Waals surface area (Å²) < 4.78 is 2.43. The molecule has 4 fully saturated rings. The number of para-hydroxylation sites is 3. The topological polar surface area (TPSA) is 8.17 Å². The maximum absolute atomic E-state index is 2.63. The predicted octanol–water partition coefficient (Wildman–Crippen LogP) is 18.6. The summed E-state index contributed by atoms with van der Waals surface area (Å²) in [5, 5.41) is 2.48. The third-order valence-corrected chi connectivity index (χ3v) is 17.6. The molecule has 0 aliphatic heterocycles. The molecule has 2 nitrogen and oxygen atoms in total. The van der Waals surface area contributed by atoms with E-state index < -0.39 is 0 Å². The number of fused-ring (bicyclic) bond motifs is 6. The monoisotopic (exact) mass is 922 g/mol. The molecular formula is C70H54N2. The molecule has 0 N–H and O–H groups in total. The van der Waals surface area contributed by atoms with Gasteiger partial charge in [0.1, 0.15) is 0 Å². The van der Waals surface area contributed by atoms with Gasteiger partial charge in [-0.15, -0.1) is 0 Å². The molecule has 16 rings (SSSR count). The molecule has 1 heterocycles. The van der Waals surface area contributed by atoms with Crippen molar-refractivity contribution >= 4 is 38.9 Å². The van der Waals surface area contributed by atoms with Crippen LogP contribution < -0.4 is 4.90 Å². The van der Waals surface area contributed by atoms with Crippen molar-refractivity contribution in [1.29, 1.82) is 0 Å². The highest BCUT2D eigenvalue weighted by Crippen LogP contribution is 2.69. The zero-order valence-electron chi connectivity index (χ0n) is 40.3. The number of benzene rings is 10. The van der Waals surface area contributed by atoms with Crippen LogP contribution in [0, 0.1) is 23.7 Å². The Bertz CT molecular complexity index is 3850. The van der Waals surface area contributed by atoms with Gasteiger partial charge in [0, 0.05) is 38.8 Å². The van der Waals surface area contributed by atoms with Gasteiger partial charge in [-0.1, -0.05) is 188 Å². The second-order valence-electron chi connectivity index (χ2n) is 21.2. The average Bonchev–Trinajstić information content (AvgIpc) is 3.93. The molecular weight excluding hydrogens is 869 g/mol. The van der Waals surface area contributed by atoms with Gasteiger partial charge in [0.05, 0.1) is 16.7 Å². The van der Waals surface area contributed by atoms with E-state index in [0.29, 0.717) is 0 Å². The van der Waals surface area contributed by atoms with E-state index in [1.165, 1.54) is 110 Å². The maximum atomic E-state index is 2.63. The van der Waals surface area contributed by atoms with Crippen LogP contribution in [0.5, 0.6) is 0 Å². The Balaban J connectivity index is 0.902. The Morgan fingerprint density at radius 3 is 1.60 bits per heavy atom. The maximum Gasteiger partial charge on any atom is 0.0561 e. The van der Waals surface area contributed by atoms with Crippen LogP contribution in [0.2, 0.25) is 0 Å². The van der Waals surface area contributed by atoms with E-state index in [4.69, 9.17) is 0 Å². The van der Waals surface area contributed by atoms with Crippen LogP contribution in [0.3, 0.4) is 0 Å². The highest BCUT2D eigenvalue weighted by molar-refractivity contribution is 6.10. The quantitative estimate of drug-likeness (QED) is 0.147. The van der Waals surface area contributed by atoms with E-state index in [1.807, 2.05) is 0 Å². The lowest BCUT2D eigenvalue weighted by Gasteiger charge is -2.61. The Morgan fingerprint density at radius 2 is 0.861 bits per heavy atom. The van der Waals surface area contributed by atoms with E-state index in [1.54, 1.807) is 11.1 Å². The summed E-state index contributed by atoms with van der Waals surface area (Å²) in [6.45, 7) is 0. The fourth-order valence-corrected chi connectivity index (χ4v) is 15.0. The molecule has 0 saturated heterocycles. The van der Waals surface area contributed by atoms with Crippen LogP contribution in [0.25, 0.3) is 83.1 Å². The zero-order valence-corrected chi connectivity index (χ0v) is 40.3. The second-order valence-corrected chi connectivity index (χ2v) is 21.2. The van der Waals surface area contributed by atoms with Crippen molar-refractivity contribution < 1.29 is 0 Å². The van der Waals surface area contributed by atoms with Crippen molar-refractivity contribution in [1.82, 2.24) is 4.57 Å². The Hall–Kier alpha value is -8.20. The molecule has 0 radical (unpaired) electrons. The largest absolute Gasteiger partial charge is 0.310 e. The van der Waals surface area contributed by atoms with Crippen molar-refractivity contribution in [2.75, 3.05) is 4.90 Å². The van der Waals surface area contributed by atoms with Crippen molar-refractivity contribution in [3.05, 3.63) is 254 Å². The van der Waals surface area contributed by atoms with Crippen molar-refractivity contribution in [2.24, 2.45) is 23.7 Å². The van der Waals surface area contributed by atoms with Gasteiger partial charge in [0.2, 0.25) is 0 Å². The molecule has 0 unspecified atom stereocenters. The minimum atomic E-state index is 0.134. The molecule has 5 aliphatic carbocycles. The Morgan fingerprint density at radius 1 is 0.333 bits per heavy atom. The first-order valence-electron chi connectivity index (χ1n) is 26.3. The fourth-order valence-electron chi connectivity index (χ4n) is 15.0. The standard InChI is InChI=1S/C70H54N2/c1-3-17-49(18-4-1)56-21-7-8-22-57(56)58-23-9-10-24-59(58)62-26-12-15-29-67(62)71(55-36-38-64-63-27-13-16-30-68(63)72(69(64)45-55)53-19-5-2-6-20-53)54-34-31-48(32-35-54)50-33-37-61-60-25-11-14-28-65(60)70(66(61)44-50)51-40-46-39-47(42-51)43-52(70)41-46/h1-38,44-47,51-52H,39-43H2. The van der Waals surface area contributed by atoms with Gasteiger partial charge in [-0.2, -0.15) is 0 Å². The van der Waals surface area contributed by atoms with Crippen LogP contribution in [0.1, 0.15) is 43.2 Å². The third kappa shape index (κ3) is 6.28. The summed E-state index contributed by atoms with van der Waals surface area (Å²) in [5.41, 5.74) is 22.9. The highest BCUT2D eigenvalue weighted by atomic mass is 15.1. The van der Waals surface area contributed by atoms with Gasteiger partial charge in [0.15, 0.2) is 0 Å². The average molecular weight is 923 g/mol. The molecule has 1 aromatic heterocycles. The molecule has 10 aromatic carbocycles. The van der Waals surface area contributed by atoms with Crippen molar-refractivity contribution in [3.8, 4) is 61.3 Å². The smallest absolute Gasteiger partial charge is 0.0561 e. The van der Waals surface area contributed by atoms with Crippen LogP contribution in [0.15, 0.2) is 243 Å². The van der Waals surface area contributed by atoms with E-state index in [0.717, 1.165) is 46.4 Å². The van der Waals surface area contributed by atoms with Crippen molar-refractivity contribution in [2.45, 2.75) is 37.5 Å². The summed E-state index contributed by atoms with van der Waals surface area (Å²) >= 11 is 0. The number of rotatable bonds is 8. The second kappa shape index (κ2) is 16.4. The van der Waals surface area contributed by atoms with Crippen LogP contribution in [0.4, 0.5) is 17.1 Å². The molecule has 0 amide bonds. The predicted molar refractivity (Wildman–Crippen MR) is 300 cm³/mol. The highest BCUT2D eigenvalue weighted by Gasteiger charge is 2.61. The van der Waals surface area contributed by atoms with Gasteiger partial charge in [-0.05, 0) is 172 Å². The normalized spacial score (nSPS) is 20.3. The van der Waals surface area contributed by atoms with Crippen LogP contribution in [-0.2, 0) is 5.41 Å². The summed E-state index contributed by atoms with van der Waals surface area (Å²) in [7, 11) is 0. The molecule has 1 spiro atoms. The van der Waals surface area contributed by atoms with Crippen molar-refractivity contribution in [3.63, 3.8) is 0 Å². The van der Waals surface area contributed by atoms with Gasteiger partial charge >= 0.3 is 0 Å². The minimum absolute atomic E-state index is 0.134. The van der Waals surface area contributed by atoms with E-state index >= 15 is 0 Å². The lowest BCUT2D eigenvalue weighted by Crippen LogP contribution is -2.55. The number of aromatic nitrogens is 1. The number of hydrogen-bond acceptors (Lipinski definition) is 1. The summed E-state index contributed by atoms with van der Waals surface area (Å²) in [6, 6.07) is 90.8. The van der Waals surface area contributed by atoms with Crippen LogP contribution in [-0.4, -0.2) is 4.57 Å². The molecule has 4 bridgehead atoms. The lowest BCUT2D eigenvalue weighted by molar-refractivity contribution is -0.0399. The summed E-state index contributed by atoms with van der Waals surface area (Å²) in [4.78, 5) is 2.49. The zero-order chi connectivity index (χ0) is 47.3. The first kappa shape index (κ1) is 41.6. The molecule has 5 aliphatic rings. The Kier molecular flexibility index (Phi) is 9.49. The number of hydrogen-bond donors (Lipinski definition) is 0. The van der Waals surface area contributed by atoms with Gasteiger partial charge < -0.3 is 9.47 Å². The third-order valence-electron chi connectivity index (χ3n) is 17.6. The first-order chi connectivity index (χ1) is 35.7. The molecule has 11 aromatic rings. The SMILES string of the molecule is c1ccc(-c2ccccc2-c2ccccc2-c2ccccc2N(c2ccc(-c3ccc4c(c3)C3(c5ccccc5-4)C4CC5CC(C4)CC3C5)cc2)c2ccc3c4ccccc4n(-c4ccccc4)c3c2)cc1. The number of nitrogens with zero attached hydrogens (tertiary/aromatic N) is 2. The minimum Gasteiger partial charge on any atom is -0.310 e. The fraction of sp³-hybridized carbons (Fsp3) is 0.143. The van der Waals surface area contributed by atoms with Gasteiger partial charge in [0.25, 0.3) is 0 Å². The van der Waals surface area contributed by atoms with E-state index in [-0.39, 0.29) is 5.41 Å². The summed E-state index contributed by atoms with van der Waals surface area (Å²) in [5.74, 6) is 3.30. The lowest BCUT2D eigenvalue weighted by atomic mass is 9.43. The van der Waals surface area contributed by atoms with Gasteiger partial charge in [-0.3, -0.25) is 0 Å².